The van der Waals surface area contributed by atoms with Crippen molar-refractivity contribution in [2.75, 3.05) is 32.8 Å². The third-order valence-corrected chi connectivity index (χ3v) is 4.97. The molecule has 1 saturated heterocycles. The van der Waals surface area contributed by atoms with E-state index in [9.17, 15) is 14.7 Å². The number of nitrogens with one attached hydrogen (secondary N) is 1. The van der Waals surface area contributed by atoms with E-state index in [0.29, 0.717) is 32.5 Å². The lowest BCUT2D eigenvalue weighted by Crippen LogP contribution is -2.46. The first kappa shape index (κ1) is 16.2. The average molecular weight is 298 g/mol. The maximum absolute atomic E-state index is 12.1. The minimum Gasteiger partial charge on any atom is -0.481 e. The van der Waals surface area contributed by atoms with Crippen LogP contribution in [0.15, 0.2) is 0 Å². The predicted octanol–water partition coefficient (Wildman–Crippen LogP) is 0.452. The molecule has 3 N–H and O–H groups in total. The van der Waals surface area contributed by atoms with Crippen LogP contribution < -0.4 is 5.32 Å². The quantitative estimate of drug-likeness (QED) is 0.662. The lowest BCUT2D eigenvalue weighted by molar-refractivity contribution is -0.145. The van der Waals surface area contributed by atoms with Crippen molar-refractivity contribution in [2.24, 2.45) is 11.3 Å². The highest BCUT2D eigenvalue weighted by Gasteiger charge is 2.33. The van der Waals surface area contributed by atoms with Gasteiger partial charge in [0.1, 0.15) is 0 Å². The molecule has 0 radical (unpaired) electrons. The van der Waals surface area contributed by atoms with Crippen LogP contribution in [0.2, 0.25) is 0 Å². The van der Waals surface area contributed by atoms with E-state index in [4.69, 9.17) is 5.11 Å². The van der Waals surface area contributed by atoms with Crippen molar-refractivity contribution >= 4 is 11.9 Å². The molecule has 1 saturated carbocycles. The van der Waals surface area contributed by atoms with Gasteiger partial charge < -0.3 is 20.4 Å². The number of nitrogens with zero attached hydrogens (tertiary/aromatic N) is 1. The Morgan fingerprint density at radius 1 is 1.19 bits per heavy atom. The van der Waals surface area contributed by atoms with Gasteiger partial charge in [0.2, 0.25) is 5.91 Å². The van der Waals surface area contributed by atoms with E-state index in [-0.39, 0.29) is 30.4 Å². The van der Waals surface area contributed by atoms with E-state index in [1.165, 1.54) is 0 Å². The van der Waals surface area contributed by atoms with Gasteiger partial charge in [0.05, 0.1) is 12.5 Å². The SMILES string of the molecule is O=C(O)C1CCN(C(=O)CNCC2(CO)CCCC2)CC1. The second-order valence-electron chi connectivity index (χ2n) is 6.46. The number of aliphatic hydroxyl groups excluding tert-OH is 1. The molecule has 0 unspecified atom stereocenters. The highest BCUT2D eigenvalue weighted by atomic mass is 16.4. The van der Waals surface area contributed by atoms with Crippen LogP contribution in [0, 0.1) is 11.3 Å². The molecule has 1 heterocycles. The number of aliphatic carboxylic acids is 1. The minimum atomic E-state index is -0.758. The number of carbonyl (C=O) groups is 2. The average Bonchev–Trinajstić information content (AvgIpc) is 2.96. The van der Waals surface area contributed by atoms with Crippen LogP contribution in [0.4, 0.5) is 0 Å². The van der Waals surface area contributed by atoms with Gasteiger partial charge in [-0.1, -0.05) is 12.8 Å². The second kappa shape index (κ2) is 7.22. The fourth-order valence-corrected chi connectivity index (χ4v) is 3.44. The Hall–Kier alpha value is -1.14. The molecule has 0 atom stereocenters. The topological polar surface area (TPSA) is 89.9 Å². The summed E-state index contributed by atoms with van der Waals surface area (Å²) in [5.41, 5.74) is -0.0451. The number of amides is 1. The Labute approximate surface area is 125 Å². The summed E-state index contributed by atoms with van der Waals surface area (Å²) in [4.78, 5) is 24.7. The van der Waals surface area contributed by atoms with Crippen LogP contribution >= 0.6 is 0 Å². The standard InChI is InChI=1S/C15H26N2O4/c18-11-15(5-1-2-6-15)10-16-9-13(19)17-7-3-12(4-8-17)14(20)21/h12,16,18H,1-11H2,(H,20,21). The Balaban J connectivity index is 1.69. The van der Waals surface area contributed by atoms with E-state index in [2.05, 4.69) is 5.32 Å². The van der Waals surface area contributed by atoms with Crippen molar-refractivity contribution in [3.05, 3.63) is 0 Å². The summed E-state index contributed by atoms with van der Waals surface area (Å²) >= 11 is 0. The van der Waals surface area contributed by atoms with Gasteiger partial charge in [-0.15, -0.1) is 0 Å². The summed E-state index contributed by atoms with van der Waals surface area (Å²) in [5.74, 6) is -1.03. The van der Waals surface area contributed by atoms with Gasteiger partial charge >= 0.3 is 5.97 Å². The number of likely N-dealkylation sites (tertiary alicyclic amines) is 1. The van der Waals surface area contributed by atoms with Crippen LogP contribution in [0.5, 0.6) is 0 Å². The second-order valence-corrected chi connectivity index (χ2v) is 6.46. The third-order valence-electron chi connectivity index (χ3n) is 4.97. The highest BCUT2D eigenvalue weighted by molar-refractivity contribution is 5.78. The molecule has 1 amide bonds. The van der Waals surface area contributed by atoms with E-state index in [1.54, 1.807) is 4.90 Å². The number of aliphatic hydroxyl groups is 1. The van der Waals surface area contributed by atoms with Gasteiger partial charge in [-0.3, -0.25) is 9.59 Å². The molecule has 1 aliphatic carbocycles. The molecule has 2 rings (SSSR count). The molecule has 2 aliphatic rings. The Morgan fingerprint density at radius 3 is 2.33 bits per heavy atom. The van der Waals surface area contributed by atoms with Crippen LogP contribution in [0.3, 0.4) is 0 Å². The molecule has 1 aliphatic heterocycles. The van der Waals surface area contributed by atoms with Gasteiger partial charge in [0.25, 0.3) is 0 Å². The van der Waals surface area contributed by atoms with Crippen molar-refractivity contribution in [3.8, 4) is 0 Å². The molecule has 0 aromatic heterocycles. The number of carboxylic acid groups (broad SMARTS) is 1. The molecule has 0 aromatic carbocycles. The van der Waals surface area contributed by atoms with E-state index >= 15 is 0 Å². The normalized spacial score (nSPS) is 22.4. The van der Waals surface area contributed by atoms with Crippen LogP contribution in [0.25, 0.3) is 0 Å². The smallest absolute Gasteiger partial charge is 0.306 e. The number of hydrogen-bond acceptors (Lipinski definition) is 4. The predicted molar refractivity (Wildman–Crippen MR) is 77.8 cm³/mol. The minimum absolute atomic E-state index is 0.0323. The van der Waals surface area contributed by atoms with E-state index in [0.717, 1.165) is 25.7 Å². The van der Waals surface area contributed by atoms with Crippen molar-refractivity contribution < 1.29 is 19.8 Å². The molecule has 6 nitrogen and oxygen atoms in total. The monoisotopic (exact) mass is 298 g/mol. The summed E-state index contributed by atoms with van der Waals surface area (Å²) in [6, 6.07) is 0. The fourth-order valence-electron chi connectivity index (χ4n) is 3.44. The van der Waals surface area contributed by atoms with Crippen LogP contribution in [-0.4, -0.2) is 59.8 Å². The number of piperidine rings is 1. The number of rotatable bonds is 6. The first-order chi connectivity index (χ1) is 10.1. The maximum atomic E-state index is 12.1. The van der Waals surface area contributed by atoms with Crippen LogP contribution in [-0.2, 0) is 9.59 Å². The van der Waals surface area contributed by atoms with E-state index < -0.39 is 5.97 Å². The number of hydrogen-bond donors (Lipinski definition) is 3. The number of carboxylic acids is 1. The van der Waals surface area contributed by atoms with Crippen molar-refractivity contribution in [2.45, 2.75) is 38.5 Å². The first-order valence-electron chi connectivity index (χ1n) is 7.88. The van der Waals surface area contributed by atoms with E-state index in [1.807, 2.05) is 0 Å². The first-order valence-corrected chi connectivity index (χ1v) is 7.88. The molecule has 0 aromatic rings. The lowest BCUT2D eigenvalue weighted by atomic mass is 9.87. The fraction of sp³-hybridized carbons (Fsp3) is 0.867. The molecule has 21 heavy (non-hydrogen) atoms. The summed E-state index contributed by atoms with van der Waals surface area (Å²) in [7, 11) is 0. The molecular weight excluding hydrogens is 272 g/mol. The summed E-state index contributed by atoms with van der Waals surface area (Å²) < 4.78 is 0. The Kier molecular flexibility index (Phi) is 5.58. The summed E-state index contributed by atoms with van der Waals surface area (Å²) in [5, 5.41) is 21.6. The molecular formula is C15H26N2O4. The highest BCUT2D eigenvalue weighted by Crippen LogP contribution is 2.36. The molecule has 0 bridgehead atoms. The molecule has 120 valence electrons. The summed E-state index contributed by atoms with van der Waals surface area (Å²) in [6.45, 7) is 2.20. The zero-order valence-electron chi connectivity index (χ0n) is 12.5. The Bertz CT molecular complexity index is 372. The van der Waals surface area contributed by atoms with Gasteiger partial charge in [-0.2, -0.15) is 0 Å². The molecule has 6 heteroatoms. The van der Waals surface area contributed by atoms with Gasteiger partial charge in [-0.25, -0.2) is 0 Å². The van der Waals surface area contributed by atoms with Crippen molar-refractivity contribution in [1.82, 2.24) is 10.2 Å². The van der Waals surface area contributed by atoms with Crippen LogP contribution in [0.1, 0.15) is 38.5 Å². The molecule has 2 fully saturated rings. The zero-order chi connectivity index (χ0) is 15.3. The van der Waals surface area contributed by atoms with Crippen molar-refractivity contribution in [1.29, 1.82) is 0 Å². The summed E-state index contributed by atoms with van der Waals surface area (Å²) in [6.07, 6.45) is 5.43. The zero-order valence-corrected chi connectivity index (χ0v) is 12.5. The van der Waals surface area contributed by atoms with Gasteiger partial charge in [0, 0.05) is 31.7 Å². The van der Waals surface area contributed by atoms with Gasteiger partial charge in [0.15, 0.2) is 0 Å². The Morgan fingerprint density at radius 2 is 1.81 bits per heavy atom. The lowest BCUT2D eigenvalue weighted by Gasteiger charge is -2.31. The largest absolute Gasteiger partial charge is 0.481 e. The third kappa shape index (κ3) is 4.17. The number of carbonyl (C=O) groups excluding carboxylic acids is 1. The molecule has 0 spiro atoms. The van der Waals surface area contributed by atoms with Gasteiger partial charge in [-0.05, 0) is 25.7 Å². The maximum Gasteiger partial charge on any atom is 0.306 e. The van der Waals surface area contributed by atoms with Crippen molar-refractivity contribution in [3.63, 3.8) is 0 Å².